The fourth-order valence-corrected chi connectivity index (χ4v) is 4.83. The third-order valence-electron chi connectivity index (χ3n) is 5.06. The highest BCUT2D eigenvalue weighted by Crippen LogP contribution is 2.21. The van der Waals surface area contributed by atoms with Gasteiger partial charge in [0.05, 0.1) is 4.90 Å². The number of nitrogens with two attached hydrogens (primary N) is 1. The summed E-state index contributed by atoms with van der Waals surface area (Å²) in [6.45, 7) is 9.00. The Hall–Kier alpha value is -2.13. The van der Waals surface area contributed by atoms with Crippen LogP contribution in [0.25, 0.3) is 0 Å². The van der Waals surface area contributed by atoms with Gasteiger partial charge < -0.3 is 16.0 Å². The van der Waals surface area contributed by atoms with E-state index in [0.717, 1.165) is 5.56 Å². The van der Waals surface area contributed by atoms with Crippen LogP contribution in [0.5, 0.6) is 0 Å². The molecule has 2 rings (SSSR count). The molecule has 1 aromatic carbocycles. The van der Waals surface area contributed by atoms with E-state index in [1.54, 1.807) is 17.0 Å². The summed E-state index contributed by atoms with van der Waals surface area (Å²) >= 11 is 0. The van der Waals surface area contributed by atoms with Crippen LogP contribution in [0.15, 0.2) is 29.2 Å². The van der Waals surface area contributed by atoms with Crippen molar-refractivity contribution in [1.29, 1.82) is 0 Å². The van der Waals surface area contributed by atoms with Crippen molar-refractivity contribution >= 4 is 22.0 Å². The Labute approximate surface area is 173 Å². The van der Waals surface area contributed by atoms with Gasteiger partial charge in [-0.05, 0) is 36.0 Å². The van der Waals surface area contributed by atoms with Crippen molar-refractivity contribution < 1.29 is 18.0 Å². The van der Waals surface area contributed by atoms with E-state index in [9.17, 15) is 18.0 Å². The first kappa shape index (κ1) is 23.2. The Balaban J connectivity index is 2.04. The lowest BCUT2D eigenvalue weighted by molar-refractivity contribution is -0.134. The molecule has 3 amide bonds. The molecule has 0 bridgehead atoms. The van der Waals surface area contributed by atoms with E-state index < -0.39 is 22.1 Å². The van der Waals surface area contributed by atoms with E-state index in [2.05, 4.69) is 19.2 Å². The molecule has 8 nitrogen and oxygen atoms in total. The van der Waals surface area contributed by atoms with Crippen molar-refractivity contribution in [3.63, 3.8) is 0 Å². The second-order valence-corrected chi connectivity index (χ2v) is 10.1. The van der Waals surface area contributed by atoms with Crippen LogP contribution in [0.4, 0.5) is 4.79 Å². The summed E-state index contributed by atoms with van der Waals surface area (Å²) in [5, 5.41) is 2.51. The molecule has 0 unspecified atom stereocenters. The first-order valence-corrected chi connectivity index (χ1v) is 11.4. The minimum absolute atomic E-state index is 0.200. The van der Waals surface area contributed by atoms with Crippen LogP contribution in [0.3, 0.4) is 0 Å². The highest BCUT2D eigenvalue weighted by molar-refractivity contribution is 7.89. The number of rotatable bonds is 7. The maximum Gasteiger partial charge on any atom is 0.312 e. The molecule has 3 N–H and O–H groups in total. The van der Waals surface area contributed by atoms with Crippen LogP contribution in [0.1, 0.15) is 45.6 Å². The number of nitrogens with one attached hydrogen (secondary N) is 1. The van der Waals surface area contributed by atoms with Gasteiger partial charge in [0.15, 0.2) is 0 Å². The average molecular weight is 425 g/mol. The smallest absolute Gasteiger partial charge is 0.312 e. The van der Waals surface area contributed by atoms with Crippen molar-refractivity contribution in [2.24, 2.45) is 11.7 Å². The number of sulfonamides is 1. The largest absolute Gasteiger partial charge is 0.352 e. The molecule has 1 atom stereocenters. The Bertz CT molecular complexity index is 813. The van der Waals surface area contributed by atoms with Crippen molar-refractivity contribution in [1.82, 2.24) is 14.5 Å². The third kappa shape index (κ3) is 5.93. The molecule has 1 fully saturated rings. The molecule has 0 aliphatic carbocycles. The first-order chi connectivity index (χ1) is 13.5. The molecule has 0 saturated carbocycles. The quantitative estimate of drug-likeness (QED) is 0.694. The molecule has 0 radical (unpaired) electrons. The number of carbonyl (C=O) groups excluding carboxylic acids is 2. The summed E-state index contributed by atoms with van der Waals surface area (Å²) in [4.78, 5) is 25.9. The molecule has 1 saturated heterocycles. The van der Waals surface area contributed by atoms with Gasteiger partial charge in [-0.3, -0.25) is 4.79 Å². The second-order valence-electron chi connectivity index (χ2n) is 8.14. The molecule has 29 heavy (non-hydrogen) atoms. The average Bonchev–Trinajstić information content (AvgIpc) is 2.66. The van der Waals surface area contributed by atoms with Gasteiger partial charge in [-0.25, -0.2) is 13.2 Å². The summed E-state index contributed by atoms with van der Waals surface area (Å²) in [6, 6.07) is 5.51. The Kier molecular flexibility index (Phi) is 7.65. The van der Waals surface area contributed by atoms with Crippen LogP contribution in [0, 0.1) is 5.92 Å². The van der Waals surface area contributed by atoms with Gasteiger partial charge in [0.25, 0.3) is 0 Å². The lowest BCUT2D eigenvalue weighted by Crippen LogP contribution is -2.56. The third-order valence-corrected chi connectivity index (χ3v) is 6.97. The van der Waals surface area contributed by atoms with Crippen molar-refractivity contribution in [2.75, 3.05) is 26.2 Å². The number of nitrogens with zero attached hydrogens (tertiary/aromatic N) is 2. The van der Waals surface area contributed by atoms with Crippen LogP contribution in [-0.2, 0) is 14.8 Å². The number of benzene rings is 1. The van der Waals surface area contributed by atoms with Crippen LogP contribution >= 0.6 is 0 Å². The number of primary amides is 1. The lowest BCUT2D eigenvalue weighted by atomic mass is 10.0. The summed E-state index contributed by atoms with van der Waals surface area (Å²) in [5.41, 5.74) is 6.28. The number of urea groups is 1. The zero-order valence-corrected chi connectivity index (χ0v) is 18.4. The van der Waals surface area contributed by atoms with E-state index in [-0.39, 0.29) is 42.9 Å². The predicted octanol–water partition coefficient (Wildman–Crippen LogP) is 1.73. The second kappa shape index (κ2) is 9.58. The molecule has 1 aromatic rings. The highest BCUT2D eigenvalue weighted by atomic mass is 32.2. The van der Waals surface area contributed by atoms with E-state index in [1.165, 1.54) is 4.31 Å². The van der Waals surface area contributed by atoms with Gasteiger partial charge in [0.1, 0.15) is 6.04 Å². The van der Waals surface area contributed by atoms with Crippen molar-refractivity contribution in [3.05, 3.63) is 29.8 Å². The molecule has 0 spiro atoms. The molecule has 9 heteroatoms. The predicted molar refractivity (Wildman–Crippen MR) is 112 cm³/mol. The number of carbonyl (C=O) groups is 2. The topological polar surface area (TPSA) is 113 Å². The van der Waals surface area contributed by atoms with Crippen LogP contribution < -0.4 is 11.1 Å². The Morgan fingerprint density at radius 2 is 1.59 bits per heavy atom. The Morgan fingerprint density at radius 1 is 1.03 bits per heavy atom. The lowest BCUT2D eigenvalue weighted by Gasteiger charge is -2.36. The van der Waals surface area contributed by atoms with E-state index in [1.807, 2.05) is 26.0 Å². The molecule has 0 aromatic heterocycles. The summed E-state index contributed by atoms with van der Waals surface area (Å²) in [7, 11) is -3.61. The molecular formula is C20H32N4O4S. The monoisotopic (exact) mass is 424 g/mol. The van der Waals surface area contributed by atoms with Crippen LogP contribution in [0.2, 0.25) is 0 Å². The van der Waals surface area contributed by atoms with E-state index in [0.29, 0.717) is 12.3 Å². The summed E-state index contributed by atoms with van der Waals surface area (Å²) in [6.07, 6.45) is 0.475. The van der Waals surface area contributed by atoms with E-state index in [4.69, 9.17) is 5.73 Å². The maximum atomic E-state index is 12.9. The van der Waals surface area contributed by atoms with Gasteiger partial charge in [0.2, 0.25) is 15.9 Å². The minimum atomic E-state index is -3.61. The molecular weight excluding hydrogens is 392 g/mol. The van der Waals surface area contributed by atoms with Crippen molar-refractivity contribution in [2.45, 2.75) is 51.0 Å². The normalized spacial score (nSPS) is 16.8. The fraction of sp³-hybridized carbons (Fsp3) is 0.600. The molecule has 1 aliphatic rings. The number of hydrogen-bond donors (Lipinski definition) is 2. The number of hydrogen-bond acceptors (Lipinski definition) is 4. The standard InChI is InChI=1S/C20H32N4O4S/c1-14(2)13-18(22-20(21)26)19(25)23-9-11-24(12-10-23)29(27,28)17-7-5-16(6-8-17)15(3)4/h5-8,14-15,18H,9-13H2,1-4H3,(H3,21,22,26)/t18-/m1/s1. The zero-order chi connectivity index (χ0) is 21.8. The SMILES string of the molecule is CC(C)C[C@@H](NC(N)=O)C(=O)N1CCN(S(=O)(=O)c2ccc(C(C)C)cc2)CC1. The zero-order valence-electron chi connectivity index (χ0n) is 17.6. The minimum Gasteiger partial charge on any atom is -0.352 e. The van der Waals surface area contributed by atoms with Gasteiger partial charge in [-0.1, -0.05) is 39.8 Å². The van der Waals surface area contributed by atoms with E-state index >= 15 is 0 Å². The molecule has 162 valence electrons. The maximum absolute atomic E-state index is 12.9. The number of piperazine rings is 1. The van der Waals surface area contributed by atoms with Gasteiger partial charge in [-0.2, -0.15) is 4.31 Å². The van der Waals surface area contributed by atoms with Gasteiger partial charge >= 0.3 is 6.03 Å². The summed E-state index contributed by atoms with van der Waals surface area (Å²) < 4.78 is 27.2. The summed E-state index contributed by atoms with van der Waals surface area (Å²) in [5.74, 6) is 0.302. The van der Waals surface area contributed by atoms with Crippen molar-refractivity contribution in [3.8, 4) is 0 Å². The number of amides is 3. The molecule has 1 aliphatic heterocycles. The van der Waals surface area contributed by atoms with Gasteiger partial charge in [-0.15, -0.1) is 0 Å². The molecule has 1 heterocycles. The Morgan fingerprint density at radius 3 is 2.03 bits per heavy atom. The van der Waals surface area contributed by atoms with Gasteiger partial charge in [0, 0.05) is 26.2 Å². The fourth-order valence-electron chi connectivity index (χ4n) is 3.41. The highest BCUT2D eigenvalue weighted by Gasteiger charge is 2.33. The first-order valence-electron chi connectivity index (χ1n) is 9.97. The van der Waals surface area contributed by atoms with Crippen LogP contribution in [-0.4, -0.2) is 61.8 Å².